The fraction of sp³-hybridized carbons (Fsp3) is 0. The van der Waals surface area contributed by atoms with Crippen LogP contribution < -0.4 is 5.32 Å². The van der Waals surface area contributed by atoms with Gasteiger partial charge in [-0.05, 0) is 18.2 Å². The van der Waals surface area contributed by atoms with Crippen LogP contribution in [0.3, 0.4) is 0 Å². The summed E-state index contributed by atoms with van der Waals surface area (Å²) >= 11 is 0. The number of nitrogens with zero attached hydrogens (tertiary/aromatic N) is 1. The summed E-state index contributed by atoms with van der Waals surface area (Å²) in [6.07, 6.45) is 0.570. The Hall–Kier alpha value is -2.24. The molecule has 0 radical (unpaired) electrons. The van der Waals surface area contributed by atoms with Crippen LogP contribution in [0.25, 0.3) is 0 Å². The molecular formula is C8H7N3O3. The molecule has 72 valence electrons. The van der Waals surface area contributed by atoms with Crippen molar-refractivity contribution in [1.29, 1.82) is 5.53 Å². The van der Waals surface area contributed by atoms with E-state index in [4.69, 9.17) is 5.53 Å². The first-order valence-electron chi connectivity index (χ1n) is 3.64. The van der Waals surface area contributed by atoms with Crippen LogP contribution >= 0.6 is 0 Å². The van der Waals surface area contributed by atoms with Crippen molar-refractivity contribution in [3.63, 3.8) is 0 Å². The van der Waals surface area contributed by atoms with Crippen LogP contribution in [0, 0.1) is 5.53 Å². The third kappa shape index (κ3) is 2.13. The van der Waals surface area contributed by atoms with E-state index in [0.29, 0.717) is 11.8 Å². The SMILES string of the molecule is N=NC(=O)Nc1ccc(C=O)cc1O. The second kappa shape index (κ2) is 4.13. The summed E-state index contributed by atoms with van der Waals surface area (Å²) in [5.74, 6) is -0.244. The van der Waals surface area contributed by atoms with Gasteiger partial charge in [0.2, 0.25) is 0 Å². The fourth-order valence-corrected chi connectivity index (χ4v) is 0.871. The van der Waals surface area contributed by atoms with Gasteiger partial charge in [-0.1, -0.05) is 5.11 Å². The smallest absolute Gasteiger partial charge is 0.363 e. The summed E-state index contributed by atoms with van der Waals surface area (Å²) in [5.41, 5.74) is 6.78. The van der Waals surface area contributed by atoms with Gasteiger partial charge in [0.15, 0.2) is 0 Å². The quantitative estimate of drug-likeness (QED) is 0.378. The van der Waals surface area contributed by atoms with E-state index in [-0.39, 0.29) is 11.4 Å². The van der Waals surface area contributed by atoms with Crippen LogP contribution in [0.15, 0.2) is 23.3 Å². The van der Waals surface area contributed by atoms with Gasteiger partial charge in [0.05, 0.1) is 5.69 Å². The Morgan fingerprint density at radius 2 is 2.29 bits per heavy atom. The maximum atomic E-state index is 10.6. The molecule has 0 atom stereocenters. The first-order chi connectivity index (χ1) is 6.67. The number of nitrogens with one attached hydrogen (secondary N) is 2. The molecule has 0 unspecified atom stereocenters. The monoisotopic (exact) mass is 193 g/mol. The lowest BCUT2D eigenvalue weighted by atomic mass is 10.2. The lowest BCUT2D eigenvalue weighted by Crippen LogP contribution is -2.05. The van der Waals surface area contributed by atoms with Crippen molar-refractivity contribution >= 4 is 18.0 Å². The van der Waals surface area contributed by atoms with Crippen LogP contribution in [-0.2, 0) is 0 Å². The molecule has 0 fully saturated rings. The highest BCUT2D eigenvalue weighted by Gasteiger charge is 2.05. The molecule has 3 N–H and O–H groups in total. The van der Waals surface area contributed by atoms with Crippen LogP contribution in [-0.4, -0.2) is 17.4 Å². The number of urea groups is 1. The molecule has 0 aliphatic heterocycles. The third-order valence-corrected chi connectivity index (χ3v) is 1.50. The number of amides is 2. The number of aromatic hydroxyl groups is 1. The number of aldehydes is 1. The summed E-state index contributed by atoms with van der Waals surface area (Å²) in [4.78, 5) is 20.9. The summed E-state index contributed by atoms with van der Waals surface area (Å²) < 4.78 is 0. The molecule has 0 bridgehead atoms. The summed E-state index contributed by atoms with van der Waals surface area (Å²) in [7, 11) is 0. The van der Waals surface area contributed by atoms with E-state index in [2.05, 4.69) is 10.4 Å². The Kier molecular flexibility index (Phi) is 2.90. The van der Waals surface area contributed by atoms with E-state index < -0.39 is 6.03 Å². The lowest BCUT2D eigenvalue weighted by Gasteiger charge is -2.03. The van der Waals surface area contributed by atoms with E-state index >= 15 is 0 Å². The van der Waals surface area contributed by atoms with Gasteiger partial charge in [-0.3, -0.25) is 4.79 Å². The number of anilines is 1. The molecule has 1 aromatic carbocycles. The van der Waals surface area contributed by atoms with Gasteiger partial charge in [0.1, 0.15) is 12.0 Å². The summed E-state index contributed by atoms with van der Waals surface area (Å²) in [5, 5.41) is 14.0. The van der Waals surface area contributed by atoms with Crippen molar-refractivity contribution in [3.8, 4) is 5.75 Å². The van der Waals surface area contributed by atoms with Crippen molar-refractivity contribution in [1.82, 2.24) is 0 Å². The van der Waals surface area contributed by atoms with E-state index in [0.717, 1.165) is 0 Å². The van der Waals surface area contributed by atoms with E-state index in [1.807, 2.05) is 0 Å². The van der Waals surface area contributed by atoms with Gasteiger partial charge in [-0.15, -0.1) is 0 Å². The van der Waals surface area contributed by atoms with Crippen LogP contribution in [0.2, 0.25) is 0 Å². The number of hydrogen-bond donors (Lipinski definition) is 3. The topological polar surface area (TPSA) is 103 Å². The number of carbonyl (C=O) groups excluding carboxylic acids is 2. The fourth-order valence-electron chi connectivity index (χ4n) is 0.871. The molecule has 2 amide bonds. The average molecular weight is 193 g/mol. The molecular weight excluding hydrogens is 186 g/mol. The molecule has 1 aromatic rings. The standard InChI is InChI=1S/C8H7N3O3/c9-11-8(14)10-6-2-1-5(4-12)3-7(6)13/h1-4,9,13H,(H,10,14). The van der Waals surface area contributed by atoms with Gasteiger partial charge in [0.25, 0.3) is 0 Å². The van der Waals surface area contributed by atoms with Crippen molar-refractivity contribution in [2.24, 2.45) is 5.11 Å². The minimum Gasteiger partial charge on any atom is -0.506 e. The van der Waals surface area contributed by atoms with Crippen LogP contribution in [0.5, 0.6) is 5.75 Å². The minimum atomic E-state index is -0.890. The maximum Gasteiger partial charge on any atom is 0.363 e. The van der Waals surface area contributed by atoms with Crippen molar-refractivity contribution in [2.75, 3.05) is 5.32 Å². The normalized spacial score (nSPS) is 9.14. The molecule has 6 heteroatoms. The van der Waals surface area contributed by atoms with Crippen molar-refractivity contribution in [2.45, 2.75) is 0 Å². The van der Waals surface area contributed by atoms with Crippen LogP contribution in [0.1, 0.15) is 10.4 Å². The first kappa shape index (κ1) is 9.85. The van der Waals surface area contributed by atoms with Gasteiger partial charge >= 0.3 is 6.03 Å². The molecule has 0 saturated carbocycles. The number of carbonyl (C=O) groups is 2. The molecule has 0 aromatic heterocycles. The van der Waals surface area contributed by atoms with E-state index in [1.165, 1.54) is 18.2 Å². The Bertz CT molecular complexity index is 389. The molecule has 0 spiro atoms. The third-order valence-electron chi connectivity index (χ3n) is 1.50. The molecule has 0 aliphatic rings. The maximum absolute atomic E-state index is 10.6. The summed E-state index contributed by atoms with van der Waals surface area (Å²) in [6.45, 7) is 0. The van der Waals surface area contributed by atoms with Gasteiger partial charge < -0.3 is 10.4 Å². The molecule has 1 rings (SSSR count). The van der Waals surface area contributed by atoms with Crippen molar-refractivity contribution < 1.29 is 14.7 Å². The molecule has 0 saturated heterocycles. The Morgan fingerprint density at radius 1 is 1.57 bits per heavy atom. The molecule has 14 heavy (non-hydrogen) atoms. The zero-order valence-electron chi connectivity index (χ0n) is 7.02. The Morgan fingerprint density at radius 3 is 2.79 bits per heavy atom. The second-order valence-corrected chi connectivity index (χ2v) is 2.44. The number of hydrogen-bond acceptors (Lipinski definition) is 4. The predicted octanol–water partition coefficient (Wildman–Crippen LogP) is 1.77. The minimum absolute atomic E-state index is 0.108. The second-order valence-electron chi connectivity index (χ2n) is 2.44. The largest absolute Gasteiger partial charge is 0.506 e. The summed E-state index contributed by atoms with van der Waals surface area (Å²) in [6, 6.07) is 3.08. The number of phenols is 1. The highest BCUT2D eigenvalue weighted by molar-refractivity contribution is 5.91. The van der Waals surface area contributed by atoms with Crippen LogP contribution in [0.4, 0.5) is 10.5 Å². The number of rotatable bonds is 2. The Balaban J connectivity index is 2.94. The zero-order chi connectivity index (χ0) is 10.6. The average Bonchev–Trinajstić information content (AvgIpc) is 2.20. The molecule has 6 nitrogen and oxygen atoms in total. The van der Waals surface area contributed by atoms with E-state index in [9.17, 15) is 14.7 Å². The zero-order valence-corrected chi connectivity index (χ0v) is 7.02. The molecule has 0 heterocycles. The predicted molar refractivity (Wildman–Crippen MR) is 47.7 cm³/mol. The van der Waals surface area contributed by atoms with Gasteiger partial charge in [-0.2, -0.15) is 5.53 Å². The van der Waals surface area contributed by atoms with Gasteiger partial charge in [-0.25, -0.2) is 4.79 Å². The van der Waals surface area contributed by atoms with Crippen molar-refractivity contribution in [3.05, 3.63) is 23.8 Å². The number of phenolic OH excluding ortho intramolecular Hbond substituents is 1. The number of benzene rings is 1. The molecule has 0 aliphatic carbocycles. The van der Waals surface area contributed by atoms with Gasteiger partial charge in [0, 0.05) is 5.56 Å². The van der Waals surface area contributed by atoms with E-state index in [1.54, 1.807) is 0 Å². The Labute approximate surface area is 79.1 Å². The first-order valence-corrected chi connectivity index (χ1v) is 3.64. The highest BCUT2D eigenvalue weighted by Crippen LogP contribution is 2.23. The lowest BCUT2D eigenvalue weighted by molar-refractivity contribution is 0.112. The highest BCUT2D eigenvalue weighted by atomic mass is 16.3.